The fourth-order valence-electron chi connectivity index (χ4n) is 0.998. The molecular formula is C10H15BrN2OS. The van der Waals surface area contributed by atoms with Gasteiger partial charge in [0, 0.05) is 23.3 Å². The number of rotatable bonds is 3. The maximum absolute atomic E-state index is 12.0. The van der Waals surface area contributed by atoms with E-state index in [-0.39, 0.29) is 11.4 Å². The van der Waals surface area contributed by atoms with Crippen LogP contribution in [-0.4, -0.2) is 33.7 Å². The first-order valence-electron chi connectivity index (χ1n) is 4.65. The number of amides is 1. The van der Waals surface area contributed by atoms with Crippen molar-refractivity contribution in [1.82, 2.24) is 9.88 Å². The Bertz CT molecular complexity index is 362. The molecule has 3 nitrogen and oxygen atoms in total. The predicted molar refractivity (Wildman–Crippen MR) is 66.8 cm³/mol. The van der Waals surface area contributed by atoms with E-state index in [9.17, 15) is 4.79 Å². The predicted octanol–water partition coefficient (Wildman–Crippen LogP) is 2.70. The van der Waals surface area contributed by atoms with Gasteiger partial charge in [-0.15, -0.1) is 11.3 Å². The van der Waals surface area contributed by atoms with E-state index in [4.69, 9.17) is 0 Å². The first kappa shape index (κ1) is 12.6. The average Bonchev–Trinajstić information content (AvgIpc) is 2.62. The molecule has 0 spiro atoms. The average molecular weight is 291 g/mol. The molecule has 0 fully saturated rings. The van der Waals surface area contributed by atoms with Gasteiger partial charge in [-0.3, -0.25) is 4.79 Å². The van der Waals surface area contributed by atoms with Gasteiger partial charge in [0.15, 0.2) is 0 Å². The van der Waals surface area contributed by atoms with Crippen LogP contribution in [0.5, 0.6) is 0 Å². The molecule has 1 heterocycles. The topological polar surface area (TPSA) is 33.2 Å². The minimum absolute atomic E-state index is 0.0243. The van der Waals surface area contributed by atoms with E-state index >= 15 is 0 Å². The minimum Gasteiger partial charge on any atom is -0.334 e. The summed E-state index contributed by atoms with van der Waals surface area (Å²) >= 11 is 4.90. The third kappa shape index (κ3) is 2.78. The summed E-state index contributed by atoms with van der Waals surface area (Å²) in [6, 6.07) is 0. The van der Waals surface area contributed by atoms with Gasteiger partial charge in [-0.1, -0.05) is 15.9 Å². The maximum atomic E-state index is 12.0. The van der Waals surface area contributed by atoms with Crippen molar-refractivity contribution < 1.29 is 4.79 Å². The summed E-state index contributed by atoms with van der Waals surface area (Å²) < 4.78 is 0. The van der Waals surface area contributed by atoms with Crippen molar-refractivity contribution in [3.05, 3.63) is 16.1 Å². The highest BCUT2D eigenvalue weighted by Gasteiger charge is 2.28. The van der Waals surface area contributed by atoms with Gasteiger partial charge >= 0.3 is 0 Å². The Balaban J connectivity index is 2.86. The number of carbonyl (C=O) groups is 1. The molecule has 0 unspecified atom stereocenters. The monoisotopic (exact) mass is 290 g/mol. The number of hydrogen-bond donors (Lipinski definition) is 0. The van der Waals surface area contributed by atoms with Crippen molar-refractivity contribution in [2.24, 2.45) is 0 Å². The van der Waals surface area contributed by atoms with Crippen LogP contribution < -0.4 is 0 Å². The Morgan fingerprint density at radius 1 is 1.67 bits per heavy atom. The fraction of sp³-hybridized carbons (Fsp3) is 0.600. The molecule has 0 N–H and O–H groups in total. The Labute approximate surface area is 103 Å². The van der Waals surface area contributed by atoms with Crippen molar-refractivity contribution in [3.8, 4) is 0 Å². The highest BCUT2D eigenvalue weighted by atomic mass is 79.9. The van der Waals surface area contributed by atoms with Crippen LogP contribution in [0, 0.1) is 6.92 Å². The standard InChI is InChI=1S/C10H15BrN2OS/c1-7-12-8(5-15-7)9(14)13(4)10(2,3)6-11/h5H,6H2,1-4H3. The lowest BCUT2D eigenvalue weighted by atomic mass is 10.1. The Morgan fingerprint density at radius 2 is 2.27 bits per heavy atom. The minimum atomic E-state index is -0.200. The molecular weight excluding hydrogens is 276 g/mol. The lowest BCUT2D eigenvalue weighted by Crippen LogP contribution is -2.46. The first-order chi connectivity index (χ1) is 6.88. The van der Waals surface area contributed by atoms with E-state index in [1.807, 2.05) is 20.8 Å². The van der Waals surface area contributed by atoms with Crippen LogP contribution in [0.15, 0.2) is 5.38 Å². The van der Waals surface area contributed by atoms with Crippen molar-refractivity contribution in [3.63, 3.8) is 0 Å². The largest absolute Gasteiger partial charge is 0.334 e. The maximum Gasteiger partial charge on any atom is 0.273 e. The molecule has 0 aliphatic heterocycles. The van der Waals surface area contributed by atoms with Crippen LogP contribution >= 0.6 is 27.3 Å². The van der Waals surface area contributed by atoms with Gasteiger partial charge in [0.25, 0.3) is 5.91 Å². The van der Waals surface area contributed by atoms with E-state index in [1.165, 1.54) is 11.3 Å². The highest BCUT2D eigenvalue weighted by molar-refractivity contribution is 9.09. The van der Waals surface area contributed by atoms with Gasteiger partial charge in [-0.2, -0.15) is 0 Å². The number of aryl methyl sites for hydroxylation is 1. The number of alkyl halides is 1. The molecule has 15 heavy (non-hydrogen) atoms. The summed E-state index contributed by atoms with van der Waals surface area (Å²) in [5, 5.41) is 3.47. The smallest absolute Gasteiger partial charge is 0.273 e. The molecule has 1 amide bonds. The van der Waals surface area contributed by atoms with Gasteiger partial charge in [0.1, 0.15) is 5.69 Å². The molecule has 0 radical (unpaired) electrons. The van der Waals surface area contributed by atoms with Crippen LogP contribution in [0.3, 0.4) is 0 Å². The Morgan fingerprint density at radius 3 is 2.67 bits per heavy atom. The van der Waals surface area contributed by atoms with E-state index in [2.05, 4.69) is 20.9 Å². The summed E-state index contributed by atoms with van der Waals surface area (Å²) in [5.74, 6) is -0.0243. The molecule has 0 aliphatic carbocycles. The molecule has 0 saturated carbocycles. The van der Waals surface area contributed by atoms with Crippen LogP contribution in [0.2, 0.25) is 0 Å². The molecule has 1 aromatic rings. The molecule has 0 atom stereocenters. The summed E-state index contributed by atoms with van der Waals surface area (Å²) in [4.78, 5) is 17.9. The third-order valence-electron chi connectivity index (χ3n) is 2.38. The van der Waals surface area contributed by atoms with Crippen molar-refractivity contribution in [1.29, 1.82) is 0 Å². The zero-order valence-corrected chi connectivity index (χ0v) is 11.8. The van der Waals surface area contributed by atoms with E-state index in [0.717, 1.165) is 10.3 Å². The Hall–Kier alpha value is -0.420. The fourth-order valence-corrected chi connectivity index (χ4v) is 1.96. The summed E-state index contributed by atoms with van der Waals surface area (Å²) in [7, 11) is 1.80. The normalized spacial score (nSPS) is 11.5. The highest BCUT2D eigenvalue weighted by Crippen LogP contribution is 2.19. The second-order valence-electron chi connectivity index (χ2n) is 4.06. The van der Waals surface area contributed by atoms with Crippen LogP contribution in [0.1, 0.15) is 29.3 Å². The number of halogens is 1. The number of hydrogen-bond acceptors (Lipinski definition) is 3. The molecule has 84 valence electrons. The van der Waals surface area contributed by atoms with Crippen LogP contribution in [-0.2, 0) is 0 Å². The second kappa shape index (κ2) is 4.61. The lowest BCUT2D eigenvalue weighted by molar-refractivity contribution is 0.0658. The molecule has 0 aliphatic rings. The quantitative estimate of drug-likeness (QED) is 0.802. The van der Waals surface area contributed by atoms with Gasteiger partial charge in [0.05, 0.1) is 5.01 Å². The van der Waals surface area contributed by atoms with Crippen LogP contribution in [0.25, 0.3) is 0 Å². The van der Waals surface area contributed by atoms with E-state index in [0.29, 0.717) is 5.69 Å². The molecule has 5 heteroatoms. The summed E-state index contributed by atoms with van der Waals surface area (Å²) in [6.07, 6.45) is 0. The molecule has 0 bridgehead atoms. The summed E-state index contributed by atoms with van der Waals surface area (Å²) in [6.45, 7) is 5.93. The zero-order valence-electron chi connectivity index (χ0n) is 9.37. The van der Waals surface area contributed by atoms with Gasteiger partial charge in [0.2, 0.25) is 0 Å². The van der Waals surface area contributed by atoms with Crippen molar-refractivity contribution >= 4 is 33.2 Å². The second-order valence-corrected chi connectivity index (χ2v) is 5.68. The third-order valence-corrected chi connectivity index (χ3v) is 4.52. The number of nitrogens with zero attached hydrogens (tertiary/aromatic N) is 2. The van der Waals surface area contributed by atoms with Crippen molar-refractivity contribution in [2.45, 2.75) is 26.3 Å². The SMILES string of the molecule is Cc1nc(C(=O)N(C)C(C)(C)CBr)cs1. The number of thiazole rings is 1. The molecule has 0 aromatic carbocycles. The summed E-state index contributed by atoms with van der Waals surface area (Å²) in [5.41, 5.74) is 0.336. The van der Waals surface area contributed by atoms with Gasteiger partial charge in [-0.25, -0.2) is 4.98 Å². The lowest BCUT2D eigenvalue weighted by Gasteiger charge is -2.33. The van der Waals surface area contributed by atoms with Crippen molar-refractivity contribution in [2.75, 3.05) is 12.4 Å². The van der Waals surface area contributed by atoms with Crippen LogP contribution in [0.4, 0.5) is 0 Å². The zero-order chi connectivity index (χ0) is 11.6. The molecule has 1 rings (SSSR count). The Kier molecular flexibility index (Phi) is 3.89. The first-order valence-corrected chi connectivity index (χ1v) is 6.65. The van der Waals surface area contributed by atoms with Gasteiger partial charge in [-0.05, 0) is 20.8 Å². The molecule has 1 aromatic heterocycles. The van der Waals surface area contributed by atoms with E-state index in [1.54, 1.807) is 17.3 Å². The van der Waals surface area contributed by atoms with E-state index < -0.39 is 0 Å². The molecule has 0 saturated heterocycles. The van der Waals surface area contributed by atoms with Gasteiger partial charge < -0.3 is 4.90 Å². The number of aromatic nitrogens is 1. The number of carbonyl (C=O) groups excluding carboxylic acids is 1.